The van der Waals surface area contributed by atoms with Crippen LogP contribution < -0.4 is 15.0 Å². The molecule has 1 aromatic carbocycles. The van der Waals surface area contributed by atoms with E-state index in [1.807, 2.05) is 4.90 Å². The smallest absolute Gasteiger partial charge is 0.420 e. The second kappa shape index (κ2) is 6.34. The lowest BCUT2D eigenvalue weighted by Gasteiger charge is -2.30. The van der Waals surface area contributed by atoms with Crippen LogP contribution in [0.5, 0.6) is 5.75 Å². The Morgan fingerprint density at radius 3 is 2.37 bits per heavy atom. The summed E-state index contributed by atoms with van der Waals surface area (Å²) in [4.78, 5) is 1.94. The summed E-state index contributed by atoms with van der Waals surface area (Å²) >= 11 is 0. The maximum atomic E-state index is 12.9. The molecule has 1 heterocycles. The number of nitrogens with one attached hydrogen (secondary N) is 1. The quantitative estimate of drug-likeness (QED) is 0.908. The second-order valence-corrected chi connectivity index (χ2v) is 4.12. The summed E-state index contributed by atoms with van der Waals surface area (Å²) in [6, 6.07) is 4.20. The summed E-state index contributed by atoms with van der Waals surface area (Å²) in [7, 11) is 1.25. The van der Waals surface area contributed by atoms with Crippen LogP contribution in [0.4, 0.5) is 18.9 Å². The van der Waals surface area contributed by atoms with E-state index in [2.05, 4.69) is 5.32 Å². The third-order valence-electron chi connectivity index (χ3n) is 2.97. The van der Waals surface area contributed by atoms with Crippen molar-refractivity contribution in [3.63, 3.8) is 0 Å². The molecule has 1 aromatic rings. The maximum Gasteiger partial charge on any atom is 0.420 e. The van der Waals surface area contributed by atoms with Gasteiger partial charge in [-0.3, -0.25) is 0 Å². The first kappa shape index (κ1) is 15.9. The Hall–Kier alpha value is -1.14. The third kappa shape index (κ3) is 3.67. The van der Waals surface area contributed by atoms with E-state index < -0.39 is 11.7 Å². The van der Waals surface area contributed by atoms with E-state index in [1.165, 1.54) is 13.2 Å². The number of rotatable bonds is 2. The van der Waals surface area contributed by atoms with Crippen LogP contribution in [0.3, 0.4) is 0 Å². The number of anilines is 1. The minimum atomic E-state index is -4.39. The maximum absolute atomic E-state index is 12.9. The van der Waals surface area contributed by atoms with Gasteiger partial charge in [0.15, 0.2) is 0 Å². The summed E-state index contributed by atoms with van der Waals surface area (Å²) in [5.41, 5.74) is -0.134. The third-order valence-corrected chi connectivity index (χ3v) is 2.97. The molecular weight excluding hydrogens is 281 g/mol. The zero-order valence-electron chi connectivity index (χ0n) is 10.5. The fourth-order valence-electron chi connectivity index (χ4n) is 2.04. The molecule has 1 aliphatic heterocycles. The molecule has 2 rings (SSSR count). The number of piperazine rings is 1. The van der Waals surface area contributed by atoms with Crippen LogP contribution >= 0.6 is 12.4 Å². The molecule has 0 aliphatic carbocycles. The average Bonchev–Trinajstić information content (AvgIpc) is 2.38. The van der Waals surface area contributed by atoms with Crippen molar-refractivity contribution in [3.8, 4) is 5.75 Å². The fraction of sp³-hybridized carbons (Fsp3) is 0.500. The molecule has 0 bridgehead atoms. The van der Waals surface area contributed by atoms with Crippen molar-refractivity contribution in [3.05, 3.63) is 23.8 Å². The molecule has 1 N–H and O–H groups in total. The highest BCUT2D eigenvalue weighted by molar-refractivity contribution is 5.85. The lowest BCUT2D eigenvalue weighted by atomic mass is 10.1. The van der Waals surface area contributed by atoms with Gasteiger partial charge in [0.25, 0.3) is 0 Å². The highest BCUT2D eigenvalue weighted by Crippen LogP contribution is 2.38. The van der Waals surface area contributed by atoms with E-state index in [4.69, 9.17) is 4.74 Å². The average molecular weight is 297 g/mol. The molecular formula is C12H16ClF3N2O. The molecule has 0 spiro atoms. The zero-order chi connectivity index (χ0) is 13.2. The largest absolute Gasteiger partial charge is 0.496 e. The van der Waals surface area contributed by atoms with Gasteiger partial charge in [-0.25, -0.2) is 0 Å². The normalized spacial score (nSPS) is 15.9. The Bertz CT molecular complexity index is 420. The van der Waals surface area contributed by atoms with E-state index >= 15 is 0 Å². The van der Waals surface area contributed by atoms with Crippen LogP contribution in [0.15, 0.2) is 18.2 Å². The van der Waals surface area contributed by atoms with Gasteiger partial charge in [0, 0.05) is 31.9 Å². The molecule has 0 atom stereocenters. The second-order valence-electron chi connectivity index (χ2n) is 4.12. The molecule has 19 heavy (non-hydrogen) atoms. The molecule has 3 nitrogen and oxygen atoms in total. The van der Waals surface area contributed by atoms with Crippen molar-refractivity contribution in [1.29, 1.82) is 0 Å². The van der Waals surface area contributed by atoms with Crippen molar-refractivity contribution in [2.24, 2.45) is 0 Å². The minimum absolute atomic E-state index is 0. The van der Waals surface area contributed by atoms with Crippen LogP contribution in [0.2, 0.25) is 0 Å². The molecule has 1 aliphatic rings. The molecule has 0 aromatic heterocycles. The van der Waals surface area contributed by atoms with E-state index in [0.717, 1.165) is 19.2 Å². The Morgan fingerprint density at radius 2 is 1.84 bits per heavy atom. The van der Waals surface area contributed by atoms with Crippen molar-refractivity contribution in [1.82, 2.24) is 5.32 Å². The first-order valence-electron chi connectivity index (χ1n) is 5.73. The standard InChI is InChI=1S/C12H15F3N2O.ClH/c1-18-11-3-2-9(8-10(11)12(13,14)15)17-6-4-16-5-7-17;/h2-3,8,16H,4-7H2,1H3;1H. The molecule has 1 saturated heterocycles. The van der Waals surface area contributed by atoms with Crippen molar-refractivity contribution < 1.29 is 17.9 Å². The first-order valence-corrected chi connectivity index (χ1v) is 5.73. The van der Waals surface area contributed by atoms with E-state index in [9.17, 15) is 13.2 Å². The Balaban J connectivity index is 0.00000180. The lowest BCUT2D eigenvalue weighted by molar-refractivity contribution is -0.138. The highest BCUT2D eigenvalue weighted by atomic mass is 35.5. The number of methoxy groups -OCH3 is 1. The summed E-state index contributed by atoms with van der Waals surface area (Å²) in [6.45, 7) is 2.99. The topological polar surface area (TPSA) is 24.5 Å². The number of benzene rings is 1. The van der Waals surface area contributed by atoms with Crippen LogP contribution in [0.1, 0.15) is 5.56 Å². The highest BCUT2D eigenvalue weighted by Gasteiger charge is 2.35. The van der Waals surface area contributed by atoms with Crippen molar-refractivity contribution in [2.75, 3.05) is 38.2 Å². The molecule has 0 saturated carbocycles. The molecule has 7 heteroatoms. The van der Waals surface area contributed by atoms with E-state index in [0.29, 0.717) is 18.8 Å². The predicted octanol–water partition coefficient (Wildman–Crippen LogP) is 2.55. The number of nitrogens with zero attached hydrogens (tertiary/aromatic N) is 1. The summed E-state index contributed by atoms with van der Waals surface area (Å²) in [6.07, 6.45) is -4.39. The van der Waals surface area contributed by atoms with E-state index in [1.54, 1.807) is 6.07 Å². The van der Waals surface area contributed by atoms with Gasteiger partial charge in [0.05, 0.1) is 12.7 Å². The molecule has 0 radical (unpaired) electrons. The first-order chi connectivity index (χ1) is 8.52. The number of ether oxygens (including phenoxy) is 1. The lowest BCUT2D eigenvalue weighted by Crippen LogP contribution is -2.43. The van der Waals surface area contributed by atoms with Gasteiger partial charge in [-0.2, -0.15) is 13.2 Å². The van der Waals surface area contributed by atoms with Crippen LogP contribution in [0, 0.1) is 0 Å². The summed E-state index contributed by atoms with van der Waals surface area (Å²) < 4.78 is 43.4. The van der Waals surface area contributed by atoms with Crippen LogP contribution in [-0.2, 0) is 6.18 Å². The molecule has 108 valence electrons. The van der Waals surface area contributed by atoms with Gasteiger partial charge in [-0.1, -0.05) is 0 Å². The molecule has 0 amide bonds. The molecule has 1 fully saturated rings. The van der Waals surface area contributed by atoms with Gasteiger partial charge < -0.3 is 15.0 Å². The number of hydrogen-bond acceptors (Lipinski definition) is 3. The van der Waals surface area contributed by atoms with E-state index in [-0.39, 0.29) is 18.2 Å². The Kier molecular flexibility index (Phi) is 5.31. The van der Waals surface area contributed by atoms with Crippen LogP contribution in [-0.4, -0.2) is 33.3 Å². The van der Waals surface area contributed by atoms with Crippen molar-refractivity contribution in [2.45, 2.75) is 6.18 Å². The fourth-order valence-corrected chi connectivity index (χ4v) is 2.04. The Labute approximate surface area is 116 Å². The monoisotopic (exact) mass is 296 g/mol. The van der Waals surface area contributed by atoms with Crippen LogP contribution in [0.25, 0.3) is 0 Å². The number of hydrogen-bond donors (Lipinski definition) is 1. The SMILES string of the molecule is COc1ccc(N2CCNCC2)cc1C(F)(F)F.Cl. The zero-order valence-corrected chi connectivity index (χ0v) is 11.3. The Morgan fingerprint density at radius 1 is 1.21 bits per heavy atom. The number of alkyl halides is 3. The van der Waals surface area contributed by atoms with Gasteiger partial charge >= 0.3 is 6.18 Å². The van der Waals surface area contributed by atoms with Crippen molar-refractivity contribution >= 4 is 18.1 Å². The minimum Gasteiger partial charge on any atom is -0.496 e. The number of halogens is 4. The summed E-state index contributed by atoms with van der Waals surface area (Å²) in [5, 5.41) is 3.16. The predicted molar refractivity (Wildman–Crippen MR) is 70.3 cm³/mol. The van der Waals surface area contributed by atoms with Gasteiger partial charge in [-0.05, 0) is 18.2 Å². The van der Waals surface area contributed by atoms with Gasteiger partial charge in [0.2, 0.25) is 0 Å². The van der Waals surface area contributed by atoms with Gasteiger partial charge in [0.1, 0.15) is 5.75 Å². The van der Waals surface area contributed by atoms with Gasteiger partial charge in [-0.15, -0.1) is 12.4 Å². The molecule has 0 unspecified atom stereocenters. The summed E-state index contributed by atoms with van der Waals surface area (Å²) in [5.74, 6) is -0.138.